The molecule has 0 aromatic heterocycles. The van der Waals surface area contributed by atoms with Crippen molar-refractivity contribution in [2.45, 2.75) is 62.9 Å². The molecule has 3 aliphatic heterocycles. The van der Waals surface area contributed by atoms with Gasteiger partial charge in [0.25, 0.3) is 5.91 Å². The topological polar surface area (TPSA) is 103 Å². The van der Waals surface area contributed by atoms with E-state index in [1.54, 1.807) is 17.0 Å². The van der Waals surface area contributed by atoms with E-state index in [0.29, 0.717) is 35.9 Å². The zero-order valence-electron chi connectivity index (χ0n) is 22.0. The van der Waals surface area contributed by atoms with E-state index < -0.39 is 17.4 Å². The molecule has 1 atom stereocenters. The zero-order valence-corrected chi connectivity index (χ0v) is 22.7. The molecule has 5 rings (SSSR count). The largest absolute Gasteiger partial charge is 0.493 e. The highest BCUT2D eigenvalue weighted by molar-refractivity contribution is 6.30. The maximum atomic E-state index is 13.0. The Morgan fingerprint density at radius 2 is 1.87 bits per heavy atom. The molecular weight excluding hydrogens is 516 g/mol. The summed E-state index contributed by atoms with van der Waals surface area (Å²) in [7, 11) is 0. The van der Waals surface area contributed by atoms with Crippen molar-refractivity contribution in [2.75, 3.05) is 26.2 Å². The predicted octanol–water partition coefficient (Wildman–Crippen LogP) is 4.21. The summed E-state index contributed by atoms with van der Waals surface area (Å²) in [5.74, 6) is -0.216. The average molecular weight is 549 g/mol. The highest BCUT2D eigenvalue weighted by Crippen LogP contribution is 2.36. The predicted molar refractivity (Wildman–Crippen MR) is 146 cm³/mol. The smallest absolute Gasteiger partial charge is 0.255 e. The molecular formula is C30H33ClN4O4. The Balaban J connectivity index is 1.05. The Hall–Kier alpha value is -3.41. The summed E-state index contributed by atoms with van der Waals surface area (Å²) >= 11 is 6.17. The number of ether oxygens (including phenoxy) is 1. The van der Waals surface area contributed by atoms with Crippen LogP contribution in [0.15, 0.2) is 42.5 Å². The second-order valence-electron chi connectivity index (χ2n) is 10.6. The van der Waals surface area contributed by atoms with Gasteiger partial charge in [-0.05, 0) is 88.0 Å². The van der Waals surface area contributed by atoms with Gasteiger partial charge in [-0.2, -0.15) is 5.26 Å². The molecule has 3 aliphatic rings. The number of imide groups is 1. The Morgan fingerprint density at radius 3 is 2.62 bits per heavy atom. The van der Waals surface area contributed by atoms with Crippen LogP contribution in [0.25, 0.3) is 0 Å². The highest BCUT2D eigenvalue weighted by atomic mass is 35.5. The lowest BCUT2D eigenvalue weighted by molar-refractivity contribution is -0.136. The third kappa shape index (κ3) is 5.80. The molecule has 2 saturated heterocycles. The highest BCUT2D eigenvalue weighted by Gasteiger charge is 2.40. The third-order valence-electron chi connectivity index (χ3n) is 8.22. The van der Waals surface area contributed by atoms with Gasteiger partial charge in [0.15, 0.2) is 0 Å². The molecule has 0 saturated carbocycles. The van der Waals surface area contributed by atoms with Crippen LogP contribution in [-0.4, -0.2) is 59.8 Å². The number of nitriles is 1. The Labute approximate surface area is 233 Å². The number of nitrogens with zero attached hydrogens (tertiary/aromatic N) is 3. The number of piperidine rings is 2. The number of fused-ring (bicyclic) bond motifs is 1. The van der Waals surface area contributed by atoms with Crippen molar-refractivity contribution in [3.05, 3.63) is 64.2 Å². The summed E-state index contributed by atoms with van der Waals surface area (Å²) in [6, 6.07) is 15.1. The second kappa shape index (κ2) is 11.8. The fourth-order valence-electron chi connectivity index (χ4n) is 5.90. The molecule has 2 aromatic rings. The van der Waals surface area contributed by atoms with Gasteiger partial charge in [0.1, 0.15) is 11.8 Å². The van der Waals surface area contributed by atoms with Gasteiger partial charge in [0.2, 0.25) is 11.8 Å². The number of likely N-dealkylation sites (tertiary alicyclic amines) is 1. The van der Waals surface area contributed by atoms with Crippen molar-refractivity contribution < 1.29 is 19.1 Å². The van der Waals surface area contributed by atoms with Crippen molar-refractivity contribution in [1.29, 1.82) is 5.26 Å². The number of benzene rings is 2. The average Bonchev–Trinajstić information content (AvgIpc) is 3.27. The van der Waals surface area contributed by atoms with Gasteiger partial charge in [-0.1, -0.05) is 29.8 Å². The molecule has 8 nitrogen and oxygen atoms in total. The van der Waals surface area contributed by atoms with Crippen LogP contribution in [0.4, 0.5) is 0 Å². The molecule has 0 aliphatic carbocycles. The van der Waals surface area contributed by atoms with Gasteiger partial charge >= 0.3 is 0 Å². The molecule has 3 heterocycles. The van der Waals surface area contributed by atoms with Crippen LogP contribution < -0.4 is 10.1 Å². The molecule has 0 bridgehead atoms. The first kappa shape index (κ1) is 27.2. The van der Waals surface area contributed by atoms with E-state index in [1.165, 1.54) is 0 Å². The van der Waals surface area contributed by atoms with Gasteiger partial charge in [-0.15, -0.1) is 0 Å². The van der Waals surface area contributed by atoms with Crippen LogP contribution in [-0.2, 0) is 21.5 Å². The molecule has 1 N–H and O–H groups in total. The summed E-state index contributed by atoms with van der Waals surface area (Å²) in [6.45, 7) is 3.64. The van der Waals surface area contributed by atoms with Crippen LogP contribution in [0.5, 0.6) is 5.75 Å². The molecule has 204 valence electrons. The van der Waals surface area contributed by atoms with Crippen LogP contribution in [0.1, 0.15) is 66.4 Å². The maximum Gasteiger partial charge on any atom is 0.255 e. The summed E-state index contributed by atoms with van der Waals surface area (Å²) in [5, 5.41) is 12.9. The number of unbranched alkanes of at least 4 members (excludes halogenated alkanes) is 2. The Bertz CT molecular complexity index is 1300. The van der Waals surface area contributed by atoms with E-state index >= 15 is 0 Å². The lowest BCUT2D eigenvalue weighted by Crippen LogP contribution is -2.52. The number of rotatable bonds is 9. The summed E-state index contributed by atoms with van der Waals surface area (Å²) < 4.78 is 6.08. The molecule has 3 amide bonds. The minimum Gasteiger partial charge on any atom is -0.493 e. The first-order valence-corrected chi connectivity index (χ1v) is 14.1. The Kier molecular flexibility index (Phi) is 8.20. The minimum absolute atomic E-state index is 0.192. The monoisotopic (exact) mass is 548 g/mol. The molecule has 39 heavy (non-hydrogen) atoms. The van der Waals surface area contributed by atoms with E-state index in [0.717, 1.165) is 62.9 Å². The molecule has 2 fully saturated rings. The van der Waals surface area contributed by atoms with Crippen LogP contribution in [0.3, 0.4) is 0 Å². The second-order valence-corrected chi connectivity index (χ2v) is 11.1. The van der Waals surface area contributed by atoms with Crippen molar-refractivity contribution in [3.63, 3.8) is 0 Å². The number of carbonyl (C=O) groups is 3. The van der Waals surface area contributed by atoms with Crippen LogP contribution in [0, 0.1) is 11.3 Å². The lowest BCUT2D eigenvalue weighted by Gasteiger charge is -2.37. The van der Waals surface area contributed by atoms with Crippen molar-refractivity contribution in [3.8, 4) is 11.8 Å². The van der Waals surface area contributed by atoms with E-state index in [-0.39, 0.29) is 18.2 Å². The number of nitrogens with one attached hydrogen (secondary N) is 1. The van der Waals surface area contributed by atoms with Gasteiger partial charge < -0.3 is 14.5 Å². The fourth-order valence-corrected chi connectivity index (χ4v) is 6.09. The summed E-state index contributed by atoms with van der Waals surface area (Å²) in [4.78, 5) is 40.8. The summed E-state index contributed by atoms with van der Waals surface area (Å²) in [5.41, 5.74) is 1.93. The number of hydrogen-bond acceptors (Lipinski definition) is 6. The molecule has 9 heteroatoms. The number of carbonyl (C=O) groups excluding carboxylic acids is 3. The molecule has 0 spiro atoms. The van der Waals surface area contributed by atoms with Gasteiger partial charge in [-0.3, -0.25) is 19.7 Å². The minimum atomic E-state index is -0.631. The summed E-state index contributed by atoms with van der Waals surface area (Å²) in [6.07, 6.45) is 5.15. The number of hydrogen-bond donors (Lipinski definition) is 1. The molecule has 0 radical (unpaired) electrons. The number of amides is 3. The van der Waals surface area contributed by atoms with Crippen molar-refractivity contribution in [2.24, 2.45) is 0 Å². The molecule has 2 aromatic carbocycles. The SMILES string of the molecule is N#CC1(c2cccc(Cl)c2)CCN(CCCCCOc2cccc3c2CN(C2CCC(=O)NC2=O)C3=O)CC1. The van der Waals surface area contributed by atoms with Crippen LogP contribution >= 0.6 is 11.6 Å². The van der Waals surface area contributed by atoms with E-state index in [9.17, 15) is 19.6 Å². The first-order chi connectivity index (χ1) is 18.9. The van der Waals surface area contributed by atoms with Crippen molar-refractivity contribution >= 4 is 29.3 Å². The lowest BCUT2D eigenvalue weighted by atomic mass is 9.74. The van der Waals surface area contributed by atoms with E-state index in [2.05, 4.69) is 16.3 Å². The van der Waals surface area contributed by atoms with Gasteiger partial charge in [-0.25, -0.2) is 0 Å². The Morgan fingerprint density at radius 1 is 1.08 bits per heavy atom. The van der Waals surface area contributed by atoms with E-state index in [4.69, 9.17) is 16.3 Å². The standard InChI is InChI=1S/C30H33ClN4O4/c31-22-7-4-6-21(18-22)30(20-32)12-15-34(16-13-30)14-2-1-3-17-39-26-9-5-8-23-24(26)19-35(29(23)38)25-10-11-27(36)33-28(25)37/h4-9,18,25H,1-3,10-17,19H2,(H,33,36,37). The van der Waals surface area contributed by atoms with Crippen LogP contribution in [0.2, 0.25) is 5.02 Å². The van der Waals surface area contributed by atoms with Gasteiger partial charge in [0, 0.05) is 22.6 Å². The fraction of sp³-hybridized carbons (Fsp3) is 0.467. The van der Waals surface area contributed by atoms with Gasteiger partial charge in [0.05, 0.1) is 24.6 Å². The maximum absolute atomic E-state index is 13.0. The number of halogens is 1. The normalized spacial score (nSPS) is 20.9. The van der Waals surface area contributed by atoms with E-state index in [1.807, 2.05) is 30.3 Å². The molecule has 1 unspecified atom stereocenters. The quantitative estimate of drug-likeness (QED) is 0.372. The first-order valence-electron chi connectivity index (χ1n) is 13.7. The third-order valence-corrected chi connectivity index (χ3v) is 8.45. The zero-order chi connectivity index (χ0) is 27.4. The van der Waals surface area contributed by atoms with Crippen molar-refractivity contribution in [1.82, 2.24) is 15.1 Å².